The lowest BCUT2D eigenvalue weighted by atomic mass is 10.2. The molecule has 0 fully saturated rings. The van der Waals surface area contributed by atoms with Crippen LogP contribution in [-0.4, -0.2) is 16.2 Å². The van der Waals surface area contributed by atoms with Crippen molar-refractivity contribution in [3.05, 3.63) is 34.2 Å². The Labute approximate surface area is 100 Å². The average molecular weight is 256 g/mol. The van der Waals surface area contributed by atoms with E-state index in [4.69, 9.17) is 0 Å². The molecule has 1 N–H and O–H groups in total. The van der Waals surface area contributed by atoms with E-state index in [0.717, 1.165) is 4.90 Å². The zero-order chi connectivity index (χ0) is 12.6. The molecule has 0 unspecified atom stereocenters. The molecule has 0 aliphatic heterocycles. The van der Waals surface area contributed by atoms with Crippen LogP contribution in [0.3, 0.4) is 0 Å². The summed E-state index contributed by atoms with van der Waals surface area (Å²) in [4.78, 5) is 18.6. The van der Waals surface area contributed by atoms with Gasteiger partial charge in [0.25, 0.3) is 11.5 Å². The standard InChI is InChI=1S/C11H10F2N2OS/c1-11(12,13)9-10(16)15-8-5-6(17-2)3-4-7(8)14-9/h3-5H,1-2H3,(H,15,16). The van der Waals surface area contributed by atoms with Crippen molar-refractivity contribution in [3.63, 3.8) is 0 Å². The first kappa shape index (κ1) is 12.0. The van der Waals surface area contributed by atoms with Gasteiger partial charge in [-0.1, -0.05) is 0 Å². The van der Waals surface area contributed by atoms with Gasteiger partial charge in [0, 0.05) is 11.8 Å². The Kier molecular flexibility index (Phi) is 2.91. The fraction of sp³-hybridized carbons (Fsp3) is 0.273. The van der Waals surface area contributed by atoms with Crippen LogP contribution in [0.15, 0.2) is 27.9 Å². The number of aromatic amines is 1. The summed E-state index contributed by atoms with van der Waals surface area (Å²) >= 11 is 1.50. The lowest BCUT2D eigenvalue weighted by Crippen LogP contribution is -2.24. The van der Waals surface area contributed by atoms with Crippen LogP contribution in [0.25, 0.3) is 11.0 Å². The molecule has 0 saturated heterocycles. The Balaban J connectivity index is 2.71. The molecule has 0 bridgehead atoms. The fourth-order valence-corrected chi connectivity index (χ4v) is 1.93. The van der Waals surface area contributed by atoms with Gasteiger partial charge in [0.15, 0.2) is 5.69 Å². The van der Waals surface area contributed by atoms with Gasteiger partial charge in [-0.05, 0) is 24.5 Å². The third kappa shape index (κ3) is 2.31. The molecular weight excluding hydrogens is 246 g/mol. The predicted molar refractivity (Wildman–Crippen MR) is 63.7 cm³/mol. The number of H-pyrrole nitrogens is 1. The minimum absolute atomic E-state index is 0.360. The van der Waals surface area contributed by atoms with Crippen LogP contribution in [0.4, 0.5) is 8.78 Å². The van der Waals surface area contributed by atoms with Gasteiger partial charge in [-0.3, -0.25) is 4.79 Å². The lowest BCUT2D eigenvalue weighted by Gasteiger charge is -2.09. The number of benzene rings is 1. The van der Waals surface area contributed by atoms with Crippen molar-refractivity contribution in [3.8, 4) is 0 Å². The van der Waals surface area contributed by atoms with Gasteiger partial charge < -0.3 is 4.98 Å². The maximum Gasteiger partial charge on any atom is 0.292 e. The highest BCUT2D eigenvalue weighted by molar-refractivity contribution is 7.98. The highest BCUT2D eigenvalue weighted by Gasteiger charge is 2.30. The molecule has 1 heterocycles. The van der Waals surface area contributed by atoms with E-state index >= 15 is 0 Å². The number of alkyl halides is 2. The molecule has 17 heavy (non-hydrogen) atoms. The van der Waals surface area contributed by atoms with Gasteiger partial charge >= 0.3 is 0 Å². The van der Waals surface area contributed by atoms with E-state index in [0.29, 0.717) is 18.0 Å². The van der Waals surface area contributed by atoms with Crippen molar-refractivity contribution < 1.29 is 8.78 Å². The van der Waals surface area contributed by atoms with Crippen LogP contribution in [0.1, 0.15) is 12.6 Å². The van der Waals surface area contributed by atoms with Crippen LogP contribution < -0.4 is 5.56 Å². The number of nitrogens with zero attached hydrogens (tertiary/aromatic N) is 1. The van der Waals surface area contributed by atoms with Crippen LogP contribution in [-0.2, 0) is 5.92 Å². The Hall–Kier alpha value is -1.43. The first-order chi connectivity index (χ1) is 7.91. The zero-order valence-electron chi connectivity index (χ0n) is 9.25. The average Bonchev–Trinajstić information content (AvgIpc) is 2.25. The highest BCUT2D eigenvalue weighted by Crippen LogP contribution is 2.24. The molecule has 0 saturated carbocycles. The minimum atomic E-state index is -3.24. The third-order valence-electron chi connectivity index (χ3n) is 2.32. The number of halogens is 2. The number of rotatable bonds is 2. The van der Waals surface area contributed by atoms with Crippen molar-refractivity contribution in [2.24, 2.45) is 0 Å². The minimum Gasteiger partial charge on any atom is -0.319 e. The van der Waals surface area contributed by atoms with Gasteiger partial charge in [0.2, 0.25) is 0 Å². The maximum absolute atomic E-state index is 13.1. The van der Waals surface area contributed by atoms with Crippen molar-refractivity contribution >= 4 is 22.8 Å². The van der Waals surface area contributed by atoms with E-state index in [-0.39, 0.29) is 0 Å². The summed E-state index contributed by atoms with van der Waals surface area (Å²) in [5, 5.41) is 0. The third-order valence-corrected chi connectivity index (χ3v) is 3.04. The van der Waals surface area contributed by atoms with Gasteiger partial charge in [-0.15, -0.1) is 11.8 Å². The van der Waals surface area contributed by atoms with Crippen LogP contribution >= 0.6 is 11.8 Å². The molecule has 1 aromatic carbocycles. The molecule has 0 aliphatic rings. The normalized spacial score (nSPS) is 12.0. The second-order valence-corrected chi connectivity index (χ2v) is 4.57. The van der Waals surface area contributed by atoms with Crippen molar-refractivity contribution in [1.82, 2.24) is 9.97 Å². The number of fused-ring (bicyclic) bond motifs is 1. The zero-order valence-corrected chi connectivity index (χ0v) is 10.1. The van der Waals surface area contributed by atoms with E-state index in [1.807, 2.05) is 6.26 Å². The first-order valence-corrected chi connectivity index (χ1v) is 6.10. The fourth-order valence-electron chi connectivity index (χ4n) is 1.49. The Morgan fingerprint density at radius 3 is 2.71 bits per heavy atom. The summed E-state index contributed by atoms with van der Waals surface area (Å²) in [6, 6.07) is 5.11. The number of thioether (sulfide) groups is 1. The molecule has 0 spiro atoms. The Morgan fingerprint density at radius 2 is 2.12 bits per heavy atom. The second-order valence-electron chi connectivity index (χ2n) is 3.69. The van der Waals surface area contributed by atoms with E-state index in [9.17, 15) is 13.6 Å². The summed E-state index contributed by atoms with van der Waals surface area (Å²) in [6.07, 6.45) is 1.89. The van der Waals surface area contributed by atoms with Crippen molar-refractivity contribution in [2.45, 2.75) is 17.7 Å². The monoisotopic (exact) mass is 256 g/mol. The largest absolute Gasteiger partial charge is 0.319 e. The van der Waals surface area contributed by atoms with E-state index in [1.54, 1.807) is 18.2 Å². The maximum atomic E-state index is 13.1. The summed E-state index contributed by atoms with van der Waals surface area (Å²) in [5.41, 5.74) is -0.765. The van der Waals surface area contributed by atoms with E-state index in [2.05, 4.69) is 9.97 Å². The van der Waals surface area contributed by atoms with Gasteiger partial charge in [-0.2, -0.15) is 8.78 Å². The van der Waals surface area contributed by atoms with E-state index < -0.39 is 17.2 Å². The van der Waals surface area contributed by atoms with Crippen molar-refractivity contribution in [1.29, 1.82) is 0 Å². The quantitative estimate of drug-likeness (QED) is 0.840. The van der Waals surface area contributed by atoms with Gasteiger partial charge in [0.05, 0.1) is 11.0 Å². The summed E-state index contributed by atoms with van der Waals surface area (Å²) in [5.74, 6) is -3.24. The summed E-state index contributed by atoms with van der Waals surface area (Å²) in [7, 11) is 0. The topological polar surface area (TPSA) is 45.8 Å². The Morgan fingerprint density at radius 1 is 1.41 bits per heavy atom. The second kappa shape index (κ2) is 4.10. The Bertz CT molecular complexity index is 619. The molecule has 0 atom stereocenters. The molecule has 1 aromatic heterocycles. The lowest BCUT2D eigenvalue weighted by molar-refractivity contribution is 0.0115. The number of hydrogen-bond donors (Lipinski definition) is 1. The molecule has 2 rings (SSSR count). The molecule has 0 aliphatic carbocycles. The van der Waals surface area contributed by atoms with Gasteiger partial charge in [0.1, 0.15) is 0 Å². The predicted octanol–water partition coefficient (Wildman–Crippen LogP) is 2.76. The van der Waals surface area contributed by atoms with E-state index in [1.165, 1.54) is 11.8 Å². The van der Waals surface area contributed by atoms with Crippen LogP contribution in [0, 0.1) is 0 Å². The number of hydrogen-bond acceptors (Lipinski definition) is 3. The summed E-state index contributed by atoms with van der Waals surface area (Å²) < 4.78 is 26.2. The summed E-state index contributed by atoms with van der Waals surface area (Å²) in [6.45, 7) is 0.659. The molecule has 90 valence electrons. The SMILES string of the molecule is CSc1ccc2nc(C(C)(F)F)c(=O)[nH]c2c1. The number of aromatic nitrogens is 2. The molecular formula is C11H10F2N2OS. The highest BCUT2D eigenvalue weighted by atomic mass is 32.2. The molecule has 0 amide bonds. The smallest absolute Gasteiger partial charge is 0.292 e. The molecule has 0 radical (unpaired) electrons. The van der Waals surface area contributed by atoms with Crippen LogP contribution in [0.2, 0.25) is 0 Å². The van der Waals surface area contributed by atoms with Crippen molar-refractivity contribution in [2.75, 3.05) is 6.26 Å². The van der Waals surface area contributed by atoms with Gasteiger partial charge in [-0.25, -0.2) is 4.98 Å². The number of nitrogens with one attached hydrogen (secondary N) is 1. The molecule has 2 aromatic rings. The molecule has 6 heteroatoms. The molecule has 3 nitrogen and oxygen atoms in total. The first-order valence-electron chi connectivity index (χ1n) is 4.88. The van der Waals surface area contributed by atoms with Crippen LogP contribution in [0.5, 0.6) is 0 Å².